The van der Waals surface area contributed by atoms with Crippen molar-refractivity contribution in [3.8, 4) is 11.5 Å². The number of anilines is 4. The van der Waals surface area contributed by atoms with Crippen molar-refractivity contribution in [2.75, 3.05) is 61.0 Å². The van der Waals surface area contributed by atoms with Gasteiger partial charge < -0.3 is 45.1 Å². The van der Waals surface area contributed by atoms with E-state index < -0.39 is 11.9 Å². The zero-order valence-electron chi connectivity index (χ0n) is 33.1. The number of carbonyl (C=O) groups is 2. The molecular weight excluding hydrogens is 813 g/mol. The Hall–Kier alpha value is -6.04. The first-order valence-corrected chi connectivity index (χ1v) is 20.2. The smallest absolute Gasteiger partial charge is 0.343 e. The van der Waals surface area contributed by atoms with Crippen LogP contribution in [0.2, 0.25) is 10.0 Å². The van der Waals surface area contributed by atoms with E-state index in [0.29, 0.717) is 77.7 Å². The van der Waals surface area contributed by atoms with Crippen LogP contribution in [0.15, 0.2) is 67.3 Å². The van der Waals surface area contributed by atoms with Crippen molar-refractivity contribution >= 4 is 58.6 Å². The number of benzene rings is 2. The number of carbonyl (C=O) groups excluding carboxylic acids is 2. The highest BCUT2D eigenvalue weighted by Gasteiger charge is 2.31. The summed E-state index contributed by atoms with van der Waals surface area (Å²) in [4.78, 5) is 58.3. The van der Waals surface area contributed by atoms with E-state index in [4.69, 9.17) is 47.4 Å². The Morgan fingerprint density at radius 2 is 1.32 bits per heavy atom. The first-order chi connectivity index (χ1) is 29.2. The van der Waals surface area contributed by atoms with E-state index >= 15 is 0 Å². The van der Waals surface area contributed by atoms with Gasteiger partial charge in [0.15, 0.2) is 0 Å². The number of nitrogens with one attached hydrogen (secondary N) is 3. The highest BCUT2D eigenvalue weighted by Crippen LogP contribution is 2.30. The minimum Gasteiger partial charge on any atom is -0.495 e. The molecule has 2 saturated heterocycles. The van der Waals surface area contributed by atoms with Crippen molar-refractivity contribution < 1.29 is 28.9 Å². The van der Waals surface area contributed by atoms with Crippen LogP contribution in [0, 0.1) is 0 Å². The van der Waals surface area contributed by atoms with Gasteiger partial charge >= 0.3 is 5.97 Å². The summed E-state index contributed by atoms with van der Waals surface area (Å²) < 4.78 is 16.5. The number of aliphatic hydroxyl groups excluding tert-OH is 1. The second-order valence-electron chi connectivity index (χ2n) is 14.1. The van der Waals surface area contributed by atoms with Crippen LogP contribution in [0.1, 0.15) is 63.4 Å². The lowest BCUT2D eigenvalue weighted by Crippen LogP contribution is -2.36. The number of esters is 1. The van der Waals surface area contributed by atoms with Crippen LogP contribution in [0.4, 0.5) is 23.5 Å². The summed E-state index contributed by atoms with van der Waals surface area (Å²) in [7, 11) is 3.10. The third-order valence-electron chi connectivity index (χ3n) is 10.3. The number of nitrogens with zero attached hydrogens (tertiary/aromatic N) is 8. The van der Waals surface area contributed by atoms with Gasteiger partial charge in [0.25, 0.3) is 5.91 Å². The van der Waals surface area contributed by atoms with Crippen molar-refractivity contribution in [3.63, 3.8) is 0 Å². The Labute approximate surface area is 356 Å². The molecule has 2 atom stereocenters. The van der Waals surface area contributed by atoms with E-state index in [9.17, 15) is 14.7 Å². The van der Waals surface area contributed by atoms with Crippen molar-refractivity contribution in [1.29, 1.82) is 0 Å². The fourth-order valence-corrected chi connectivity index (χ4v) is 7.67. The van der Waals surface area contributed by atoms with Crippen LogP contribution in [0.3, 0.4) is 0 Å². The standard InChI is InChI=1S/C41H45Cl2N11O6/c1-58-33-10-8-25(16-31(33)42)18-46-36-29(38(56)48-22-35-44-12-5-13-45-35)20-49-41(51-36)54-15-4-7-28(54)24-60-39(57)30-21-50-40(53-14-3-6-27(53)23-55)52-37(30)47-19-26-9-11-34(59-2)32(43)17-26/h5,8-13,16-17,20-21,27-28,55H,3-4,6-7,14-15,18-19,22-24H2,1-2H3,(H,48,56)(H,46,49,51)(H,47,50,52)/t27-,28?/m0/s1. The van der Waals surface area contributed by atoms with Crippen LogP contribution in [-0.4, -0.2) is 99.5 Å². The molecule has 2 fully saturated rings. The zero-order chi connectivity index (χ0) is 42.0. The number of aliphatic hydroxyl groups is 1. The number of hydrogen-bond acceptors (Lipinski definition) is 16. The second kappa shape index (κ2) is 19.8. The van der Waals surface area contributed by atoms with E-state index in [0.717, 1.165) is 30.4 Å². The molecule has 60 heavy (non-hydrogen) atoms. The molecule has 0 spiro atoms. The van der Waals surface area contributed by atoms with E-state index in [1.807, 2.05) is 21.9 Å². The van der Waals surface area contributed by atoms with Crippen LogP contribution in [-0.2, 0) is 24.4 Å². The predicted molar refractivity (Wildman–Crippen MR) is 226 cm³/mol. The fourth-order valence-electron chi connectivity index (χ4n) is 7.10. The summed E-state index contributed by atoms with van der Waals surface area (Å²) in [6, 6.07) is 12.1. The van der Waals surface area contributed by atoms with Gasteiger partial charge in [-0.3, -0.25) is 4.79 Å². The molecule has 19 heteroatoms. The monoisotopic (exact) mass is 857 g/mol. The number of rotatable bonds is 17. The summed E-state index contributed by atoms with van der Waals surface area (Å²) in [6.45, 7) is 1.99. The van der Waals surface area contributed by atoms with Gasteiger partial charge in [-0.1, -0.05) is 35.3 Å². The first-order valence-electron chi connectivity index (χ1n) is 19.5. The van der Waals surface area contributed by atoms with Gasteiger partial charge in [0.05, 0.1) is 49.5 Å². The molecule has 5 aromatic rings. The van der Waals surface area contributed by atoms with Gasteiger partial charge in [0.1, 0.15) is 46.7 Å². The normalized spacial score (nSPS) is 16.1. The minimum absolute atomic E-state index is 0.0304. The van der Waals surface area contributed by atoms with E-state index in [2.05, 4.69) is 35.9 Å². The summed E-state index contributed by atoms with van der Waals surface area (Å²) in [5, 5.41) is 20.3. The van der Waals surface area contributed by atoms with Crippen molar-refractivity contribution in [2.24, 2.45) is 0 Å². The highest BCUT2D eigenvalue weighted by molar-refractivity contribution is 6.32. The molecule has 3 aromatic heterocycles. The van der Waals surface area contributed by atoms with Gasteiger partial charge in [-0.25, -0.2) is 24.7 Å². The number of aromatic nitrogens is 6. The molecule has 0 bridgehead atoms. The molecule has 0 radical (unpaired) electrons. The Morgan fingerprint density at radius 1 is 0.767 bits per heavy atom. The number of methoxy groups -OCH3 is 2. The van der Waals surface area contributed by atoms with Gasteiger partial charge in [-0.15, -0.1) is 0 Å². The lowest BCUT2D eigenvalue weighted by atomic mass is 10.2. The molecule has 5 heterocycles. The molecule has 2 aromatic carbocycles. The van der Waals surface area contributed by atoms with E-state index in [1.54, 1.807) is 56.9 Å². The first kappa shape index (κ1) is 42.1. The van der Waals surface area contributed by atoms with E-state index in [1.165, 1.54) is 12.4 Å². The quantitative estimate of drug-likeness (QED) is 0.0875. The lowest BCUT2D eigenvalue weighted by Gasteiger charge is -2.26. The van der Waals surface area contributed by atoms with Gasteiger partial charge in [0.2, 0.25) is 11.9 Å². The molecule has 0 aliphatic carbocycles. The van der Waals surface area contributed by atoms with Crippen molar-refractivity contribution in [1.82, 2.24) is 35.2 Å². The summed E-state index contributed by atoms with van der Waals surface area (Å²) in [6.07, 6.45) is 9.35. The topological polar surface area (TPSA) is 202 Å². The molecule has 2 aliphatic rings. The van der Waals surface area contributed by atoms with Crippen LogP contribution in [0.5, 0.6) is 11.5 Å². The maximum absolute atomic E-state index is 13.8. The number of amides is 1. The van der Waals surface area contributed by atoms with Gasteiger partial charge in [-0.2, -0.15) is 9.97 Å². The molecule has 17 nitrogen and oxygen atoms in total. The van der Waals surface area contributed by atoms with Crippen LogP contribution >= 0.6 is 23.2 Å². The molecule has 7 rings (SSSR count). The van der Waals surface area contributed by atoms with Gasteiger partial charge in [0, 0.05) is 51.0 Å². The summed E-state index contributed by atoms with van der Waals surface area (Å²) in [5.41, 5.74) is 2.05. The Balaban J connectivity index is 1.08. The van der Waals surface area contributed by atoms with Crippen LogP contribution < -0.4 is 35.2 Å². The summed E-state index contributed by atoms with van der Waals surface area (Å²) in [5.74, 6) is 1.87. The molecule has 1 unspecified atom stereocenters. The molecule has 314 valence electrons. The highest BCUT2D eigenvalue weighted by atomic mass is 35.5. The number of ether oxygens (including phenoxy) is 3. The zero-order valence-corrected chi connectivity index (χ0v) is 34.6. The minimum atomic E-state index is -0.611. The molecule has 0 saturated carbocycles. The van der Waals surface area contributed by atoms with Crippen LogP contribution in [0.25, 0.3) is 0 Å². The van der Waals surface area contributed by atoms with E-state index in [-0.39, 0.29) is 48.8 Å². The molecule has 1 amide bonds. The number of hydrogen-bond donors (Lipinski definition) is 4. The Morgan fingerprint density at radius 3 is 1.88 bits per heavy atom. The Bertz CT molecular complexity index is 2290. The third-order valence-corrected chi connectivity index (χ3v) is 10.9. The van der Waals surface area contributed by atoms with Gasteiger partial charge in [-0.05, 0) is 67.1 Å². The maximum atomic E-state index is 13.8. The lowest BCUT2D eigenvalue weighted by molar-refractivity contribution is 0.0482. The fraction of sp³-hybridized carbons (Fsp3) is 0.366. The van der Waals surface area contributed by atoms with Crippen molar-refractivity contribution in [3.05, 3.63) is 105 Å². The average Bonchev–Trinajstić information content (AvgIpc) is 3.96. The second-order valence-corrected chi connectivity index (χ2v) is 14.9. The third kappa shape index (κ3) is 10.0. The summed E-state index contributed by atoms with van der Waals surface area (Å²) >= 11 is 12.8. The predicted octanol–water partition coefficient (Wildman–Crippen LogP) is 5.32. The molecule has 2 aliphatic heterocycles. The molecular formula is C41H45Cl2N11O6. The average molecular weight is 859 g/mol. The van der Waals surface area contributed by atoms with Crippen molar-refractivity contribution in [2.45, 2.75) is 57.4 Å². The molecule has 4 N–H and O–H groups in total. The number of halogens is 2. The Kier molecular flexibility index (Phi) is 13.9. The SMILES string of the molecule is COc1ccc(CNc2nc(N3CCCC3COC(=O)c3cnc(N4CCC[C@H]4CO)nc3NCc3ccc(OC)c(Cl)c3)ncc2C(=O)NCc2ncccn2)cc1Cl. The maximum Gasteiger partial charge on any atom is 0.343 e. The largest absolute Gasteiger partial charge is 0.495 e.